The van der Waals surface area contributed by atoms with E-state index in [9.17, 15) is 13.6 Å². The average molecular weight is 405 g/mol. The standard InChI is InChI=1S/C16H13BrClF2NO2/c17-12-5-6-14(23-16(19)20)11(7-12)9-21-15(22)8-10-3-1-2-4-13(10)18/h1-7,16H,8-9H2,(H,21,22). The molecule has 0 saturated heterocycles. The first kappa shape index (κ1) is 17.7. The number of hydrogen-bond acceptors (Lipinski definition) is 2. The smallest absolute Gasteiger partial charge is 0.387 e. The van der Waals surface area contributed by atoms with Crippen LogP contribution < -0.4 is 10.1 Å². The van der Waals surface area contributed by atoms with Crippen molar-refractivity contribution in [1.82, 2.24) is 5.32 Å². The summed E-state index contributed by atoms with van der Waals surface area (Å²) < 4.78 is 29.9. The monoisotopic (exact) mass is 403 g/mol. The van der Waals surface area contributed by atoms with Crippen LogP contribution in [0.5, 0.6) is 5.75 Å². The van der Waals surface area contributed by atoms with Crippen molar-refractivity contribution in [2.75, 3.05) is 0 Å². The molecule has 0 radical (unpaired) electrons. The Kier molecular flexibility index (Phi) is 6.36. The molecule has 0 aliphatic carbocycles. The fourth-order valence-electron chi connectivity index (χ4n) is 1.97. The van der Waals surface area contributed by atoms with Gasteiger partial charge in [0.2, 0.25) is 5.91 Å². The first-order valence-corrected chi connectivity index (χ1v) is 7.86. The summed E-state index contributed by atoms with van der Waals surface area (Å²) in [6.45, 7) is -2.85. The summed E-state index contributed by atoms with van der Waals surface area (Å²) in [6.07, 6.45) is 0.110. The van der Waals surface area contributed by atoms with E-state index in [0.717, 1.165) is 0 Å². The van der Waals surface area contributed by atoms with E-state index in [1.165, 1.54) is 6.07 Å². The van der Waals surface area contributed by atoms with Crippen molar-refractivity contribution in [2.24, 2.45) is 0 Å². The first-order valence-electron chi connectivity index (χ1n) is 6.69. The number of carbonyl (C=O) groups is 1. The van der Waals surface area contributed by atoms with Gasteiger partial charge in [-0.2, -0.15) is 8.78 Å². The average Bonchev–Trinajstić information content (AvgIpc) is 2.49. The second-order valence-corrected chi connectivity index (χ2v) is 6.00. The van der Waals surface area contributed by atoms with Gasteiger partial charge in [0, 0.05) is 21.6 Å². The first-order chi connectivity index (χ1) is 11.0. The number of amides is 1. The third-order valence-electron chi connectivity index (χ3n) is 3.02. The van der Waals surface area contributed by atoms with Crippen molar-refractivity contribution in [2.45, 2.75) is 19.6 Å². The van der Waals surface area contributed by atoms with E-state index < -0.39 is 6.61 Å². The molecule has 0 aliphatic heterocycles. The summed E-state index contributed by atoms with van der Waals surface area (Å²) in [5.74, 6) is -0.234. The fourth-order valence-corrected chi connectivity index (χ4v) is 2.58. The van der Waals surface area contributed by atoms with Crippen LogP contribution >= 0.6 is 27.5 Å². The molecule has 0 atom stereocenters. The number of nitrogens with one attached hydrogen (secondary N) is 1. The highest BCUT2D eigenvalue weighted by Gasteiger charge is 2.12. The van der Waals surface area contributed by atoms with Gasteiger partial charge >= 0.3 is 6.61 Å². The zero-order valence-electron chi connectivity index (χ0n) is 11.9. The maximum absolute atomic E-state index is 12.4. The van der Waals surface area contributed by atoms with Crippen LogP contribution in [-0.4, -0.2) is 12.5 Å². The molecule has 7 heteroatoms. The quantitative estimate of drug-likeness (QED) is 0.766. The van der Waals surface area contributed by atoms with E-state index >= 15 is 0 Å². The number of ether oxygens (including phenoxy) is 1. The van der Waals surface area contributed by atoms with Crippen LogP contribution in [0.15, 0.2) is 46.9 Å². The van der Waals surface area contributed by atoms with Gasteiger partial charge in [0.25, 0.3) is 0 Å². The van der Waals surface area contributed by atoms with Crippen molar-refractivity contribution in [1.29, 1.82) is 0 Å². The largest absolute Gasteiger partial charge is 0.434 e. The zero-order valence-corrected chi connectivity index (χ0v) is 14.2. The van der Waals surface area contributed by atoms with Gasteiger partial charge in [0.1, 0.15) is 5.75 Å². The van der Waals surface area contributed by atoms with Gasteiger partial charge in [0.15, 0.2) is 0 Å². The Morgan fingerprint density at radius 3 is 2.65 bits per heavy atom. The summed E-state index contributed by atoms with van der Waals surface area (Å²) in [6, 6.07) is 11.7. The molecule has 0 spiro atoms. The van der Waals surface area contributed by atoms with Crippen LogP contribution in [0, 0.1) is 0 Å². The lowest BCUT2D eigenvalue weighted by molar-refractivity contribution is -0.120. The second kappa shape index (κ2) is 8.26. The molecule has 2 aromatic rings. The molecule has 23 heavy (non-hydrogen) atoms. The summed E-state index contributed by atoms with van der Waals surface area (Å²) in [5, 5.41) is 3.18. The van der Waals surface area contributed by atoms with Crippen LogP contribution in [0.1, 0.15) is 11.1 Å². The van der Waals surface area contributed by atoms with Crippen molar-refractivity contribution >= 4 is 33.4 Å². The Hall–Kier alpha value is -1.66. The van der Waals surface area contributed by atoms with E-state index in [-0.39, 0.29) is 24.6 Å². The molecule has 0 heterocycles. The number of halogens is 4. The predicted octanol–water partition coefficient (Wildman–Crippen LogP) is 4.56. The zero-order chi connectivity index (χ0) is 16.8. The molecule has 0 saturated carbocycles. The molecule has 2 rings (SSSR count). The molecule has 2 aromatic carbocycles. The molecule has 0 aromatic heterocycles. The Morgan fingerprint density at radius 2 is 1.96 bits per heavy atom. The number of carbonyl (C=O) groups excluding carboxylic acids is 1. The van der Waals surface area contributed by atoms with Gasteiger partial charge in [-0.25, -0.2) is 0 Å². The molecule has 122 valence electrons. The molecular formula is C16H13BrClF2NO2. The Bertz CT molecular complexity index is 698. The number of rotatable bonds is 6. The highest BCUT2D eigenvalue weighted by Crippen LogP contribution is 2.25. The molecule has 1 amide bonds. The predicted molar refractivity (Wildman–Crippen MR) is 87.8 cm³/mol. The van der Waals surface area contributed by atoms with Gasteiger partial charge in [-0.05, 0) is 29.8 Å². The van der Waals surface area contributed by atoms with Crippen LogP contribution in [0.25, 0.3) is 0 Å². The molecule has 0 unspecified atom stereocenters. The second-order valence-electron chi connectivity index (χ2n) is 4.68. The third kappa shape index (κ3) is 5.48. The highest BCUT2D eigenvalue weighted by atomic mass is 79.9. The van der Waals surface area contributed by atoms with Crippen molar-refractivity contribution < 1.29 is 18.3 Å². The van der Waals surface area contributed by atoms with Crippen molar-refractivity contribution in [3.05, 3.63) is 63.1 Å². The maximum Gasteiger partial charge on any atom is 0.387 e. The lowest BCUT2D eigenvalue weighted by Gasteiger charge is -2.12. The van der Waals surface area contributed by atoms with Gasteiger partial charge in [-0.3, -0.25) is 4.79 Å². The minimum atomic E-state index is -2.92. The Labute approximate surface area is 145 Å². The minimum absolute atomic E-state index is 0.0289. The fraction of sp³-hybridized carbons (Fsp3) is 0.188. The SMILES string of the molecule is O=C(Cc1ccccc1Cl)NCc1cc(Br)ccc1OC(F)F. The normalized spacial score (nSPS) is 10.7. The molecule has 0 fully saturated rings. The number of benzene rings is 2. The van der Waals surface area contributed by atoms with Gasteiger partial charge in [-0.1, -0.05) is 45.7 Å². The summed E-state index contributed by atoms with van der Waals surface area (Å²) in [5.41, 5.74) is 1.15. The summed E-state index contributed by atoms with van der Waals surface area (Å²) >= 11 is 9.26. The summed E-state index contributed by atoms with van der Waals surface area (Å²) in [4.78, 5) is 12.0. The van der Waals surface area contributed by atoms with Gasteiger partial charge < -0.3 is 10.1 Å². The van der Waals surface area contributed by atoms with Crippen LogP contribution in [0.2, 0.25) is 5.02 Å². The lowest BCUT2D eigenvalue weighted by Crippen LogP contribution is -2.25. The van der Waals surface area contributed by atoms with E-state index in [1.807, 2.05) is 0 Å². The van der Waals surface area contributed by atoms with Crippen LogP contribution in [0.4, 0.5) is 8.78 Å². The van der Waals surface area contributed by atoms with Crippen LogP contribution in [-0.2, 0) is 17.8 Å². The van der Waals surface area contributed by atoms with Crippen molar-refractivity contribution in [3.63, 3.8) is 0 Å². The summed E-state index contributed by atoms with van der Waals surface area (Å²) in [7, 11) is 0. The molecule has 0 aliphatic rings. The van der Waals surface area contributed by atoms with Crippen molar-refractivity contribution in [3.8, 4) is 5.75 Å². The molecular weight excluding hydrogens is 392 g/mol. The highest BCUT2D eigenvalue weighted by molar-refractivity contribution is 9.10. The lowest BCUT2D eigenvalue weighted by atomic mass is 10.1. The Balaban J connectivity index is 2.01. The van der Waals surface area contributed by atoms with E-state index in [1.54, 1.807) is 36.4 Å². The molecule has 3 nitrogen and oxygen atoms in total. The molecule has 0 bridgehead atoms. The van der Waals surface area contributed by atoms with Gasteiger partial charge in [-0.15, -0.1) is 0 Å². The Morgan fingerprint density at radius 1 is 1.22 bits per heavy atom. The maximum atomic E-state index is 12.4. The van der Waals surface area contributed by atoms with E-state index in [0.29, 0.717) is 20.6 Å². The van der Waals surface area contributed by atoms with Gasteiger partial charge in [0.05, 0.1) is 6.42 Å². The topological polar surface area (TPSA) is 38.3 Å². The van der Waals surface area contributed by atoms with E-state index in [4.69, 9.17) is 11.6 Å². The van der Waals surface area contributed by atoms with E-state index in [2.05, 4.69) is 26.0 Å². The van der Waals surface area contributed by atoms with Crippen LogP contribution in [0.3, 0.4) is 0 Å². The third-order valence-corrected chi connectivity index (χ3v) is 3.89. The minimum Gasteiger partial charge on any atom is -0.434 e. The number of alkyl halides is 2. The number of hydrogen-bond donors (Lipinski definition) is 1. The molecule has 1 N–H and O–H groups in total.